The van der Waals surface area contributed by atoms with Gasteiger partial charge in [0, 0.05) is 17.8 Å². The van der Waals surface area contributed by atoms with Crippen LogP contribution in [0.25, 0.3) is 11.0 Å². The first-order chi connectivity index (χ1) is 7.67. The van der Waals surface area contributed by atoms with Crippen LogP contribution >= 0.6 is 0 Å². The van der Waals surface area contributed by atoms with Gasteiger partial charge in [0.25, 0.3) is 0 Å². The molecule has 3 rings (SSSR count). The lowest BCUT2D eigenvalue weighted by Gasteiger charge is -2.15. The minimum atomic E-state index is -1.36. The van der Waals surface area contributed by atoms with Gasteiger partial charge >= 0.3 is 0 Å². The molecule has 0 saturated heterocycles. The second-order valence-corrected chi connectivity index (χ2v) is 4.62. The number of halogens is 1. The SMILES string of the molecule is NC1CCC(F)(c2cc3ccccc3o2)C1. The van der Waals surface area contributed by atoms with Crippen molar-refractivity contribution in [3.63, 3.8) is 0 Å². The van der Waals surface area contributed by atoms with E-state index >= 15 is 0 Å². The summed E-state index contributed by atoms with van der Waals surface area (Å²) in [7, 11) is 0. The molecule has 2 nitrogen and oxygen atoms in total. The summed E-state index contributed by atoms with van der Waals surface area (Å²) in [5.74, 6) is 0.432. The largest absolute Gasteiger partial charge is 0.458 e. The van der Waals surface area contributed by atoms with Crippen molar-refractivity contribution >= 4 is 11.0 Å². The zero-order chi connectivity index (χ0) is 11.2. The summed E-state index contributed by atoms with van der Waals surface area (Å²) in [6, 6.07) is 9.36. The van der Waals surface area contributed by atoms with Gasteiger partial charge < -0.3 is 10.2 Å². The van der Waals surface area contributed by atoms with Crippen molar-refractivity contribution in [3.05, 3.63) is 36.1 Å². The molecule has 16 heavy (non-hydrogen) atoms. The number of para-hydroxylation sites is 1. The first kappa shape index (κ1) is 9.85. The molecule has 0 bridgehead atoms. The number of rotatable bonds is 1. The van der Waals surface area contributed by atoms with Crippen LogP contribution in [0.5, 0.6) is 0 Å². The molecule has 0 aliphatic heterocycles. The van der Waals surface area contributed by atoms with Crippen LogP contribution in [0.1, 0.15) is 25.0 Å². The summed E-state index contributed by atoms with van der Waals surface area (Å²) in [6.07, 6.45) is 1.56. The van der Waals surface area contributed by atoms with Crippen molar-refractivity contribution in [2.24, 2.45) is 5.73 Å². The van der Waals surface area contributed by atoms with Gasteiger partial charge in [-0.15, -0.1) is 0 Å². The molecule has 1 saturated carbocycles. The molecule has 2 atom stereocenters. The van der Waals surface area contributed by atoms with Crippen molar-refractivity contribution in [2.75, 3.05) is 0 Å². The Morgan fingerprint density at radius 2 is 2.19 bits per heavy atom. The Hall–Kier alpha value is -1.35. The number of fused-ring (bicyclic) bond motifs is 1. The Kier molecular flexibility index (Phi) is 2.04. The van der Waals surface area contributed by atoms with E-state index < -0.39 is 5.67 Å². The molecule has 2 aromatic rings. The van der Waals surface area contributed by atoms with Gasteiger partial charge in [-0.2, -0.15) is 0 Å². The highest BCUT2D eigenvalue weighted by atomic mass is 19.1. The highest BCUT2D eigenvalue weighted by Crippen LogP contribution is 2.43. The highest BCUT2D eigenvalue weighted by molar-refractivity contribution is 5.77. The third-order valence-electron chi connectivity index (χ3n) is 3.36. The summed E-state index contributed by atoms with van der Waals surface area (Å²) < 4.78 is 20.1. The smallest absolute Gasteiger partial charge is 0.169 e. The zero-order valence-electron chi connectivity index (χ0n) is 8.95. The van der Waals surface area contributed by atoms with E-state index in [1.807, 2.05) is 24.3 Å². The minimum absolute atomic E-state index is 0.0433. The van der Waals surface area contributed by atoms with Gasteiger partial charge in [0.15, 0.2) is 5.67 Å². The number of hydrogen-bond acceptors (Lipinski definition) is 2. The fraction of sp³-hybridized carbons (Fsp3) is 0.385. The fourth-order valence-electron chi connectivity index (χ4n) is 2.46. The van der Waals surface area contributed by atoms with E-state index in [2.05, 4.69) is 0 Å². The number of benzene rings is 1. The Morgan fingerprint density at radius 3 is 2.88 bits per heavy atom. The number of hydrogen-bond donors (Lipinski definition) is 1. The normalized spacial score (nSPS) is 30.0. The van der Waals surface area contributed by atoms with E-state index in [1.165, 1.54) is 0 Å². The number of nitrogens with two attached hydrogens (primary N) is 1. The number of alkyl halides is 1. The predicted octanol–water partition coefficient (Wildman–Crippen LogP) is 3.11. The first-order valence-electron chi connectivity index (χ1n) is 5.61. The molecule has 1 fully saturated rings. The standard InChI is InChI=1S/C13H14FNO/c14-13(6-5-10(15)8-13)12-7-9-3-1-2-4-11(9)16-12/h1-4,7,10H,5-6,8,15H2. The van der Waals surface area contributed by atoms with Crippen molar-refractivity contribution in [3.8, 4) is 0 Å². The lowest BCUT2D eigenvalue weighted by Crippen LogP contribution is -2.20. The van der Waals surface area contributed by atoms with E-state index in [0.29, 0.717) is 18.6 Å². The van der Waals surface area contributed by atoms with Crippen molar-refractivity contribution in [1.29, 1.82) is 0 Å². The van der Waals surface area contributed by atoms with Crippen LogP contribution < -0.4 is 5.73 Å². The quantitative estimate of drug-likeness (QED) is 0.800. The van der Waals surface area contributed by atoms with Crippen molar-refractivity contribution in [1.82, 2.24) is 0 Å². The molecule has 3 heteroatoms. The maximum Gasteiger partial charge on any atom is 0.169 e. The van der Waals surface area contributed by atoms with Crippen LogP contribution in [0.2, 0.25) is 0 Å². The second-order valence-electron chi connectivity index (χ2n) is 4.62. The van der Waals surface area contributed by atoms with Gasteiger partial charge in [-0.1, -0.05) is 18.2 Å². The van der Waals surface area contributed by atoms with Gasteiger partial charge in [0.2, 0.25) is 0 Å². The number of furan rings is 1. The van der Waals surface area contributed by atoms with E-state index in [4.69, 9.17) is 10.2 Å². The molecule has 1 heterocycles. The molecule has 2 N–H and O–H groups in total. The average Bonchev–Trinajstić information content (AvgIpc) is 2.83. The van der Waals surface area contributed by atoms with Gasteiger partial charge in [-0.25, -0.2) is 4.39 Å². The minimum Gasteiger partial charge on any atom is -0.458 e. The average molecular weight is 219 g/mol. The second kappa shape index (κ2) is 3.32. The molecule has 1 aliphatic rings. The summed E-state index contributed by atoms with van der Waals surface area (Å²) in [6.45, 7) is 0. The Balaban J connectivity index is 2.06. The molecule has 1 aliphatic carbocycles. The van der Waals surface area contributed by atoms with Gasteiger partial charge in [-0.05, 0) is 25.0 Å². The van der Waals surface area contributed by atoms with Gasteiger partial charge in [-0.3, -0.25) is 0 Å². The fourth-order valence-corrected chi connectivity index (χ4v) is 2.46. The Labute approximate surface area is 93.2 Å². The summed E-state index contributed by atoms with van der Waals surface area (Å²) in [5, 5.41) is 0.954. The van der Waals surface area contributed by atoms with E-state index in [1.54, 1.807) is 6.07 Å². The third kappa shape index (κ3) is 1.43. The topological polar surface area (TPSA) is 39.2 Å². The molecular weight excluding hydrogens is 205 g/mol. The summed E-state index contributed by atoms with van der Waals surface area (Å²) >= 11 is 0. The van der Waals surface area contributed by atoms with Crippen LogP contribution in [0.3, 0.4) is 0 Å². The Morgan fingerprint density at radius 1 is 1.38 bits per heavy atom. The van der Waals surface area contributed by atoms with Crippen LogP contribution in [0, 0.1) is 0 Å². The Bertz CT molecular complexity index is 488. The predicted molar refractivity (Wildman–Crippen MR) is 60.8 cm³/mol. The zero-order valence-corrected chi connectivity index (χ0v) is 8.95. The maximum absolute atomic E-state index is 14.6. The van der Waals surface area contributed by atoms with Gasteiger partial charge in [0.1, 0.15) is 11.3 Å². The molecule has 1 aromatic carbocycles. The van der Waals surface area contributed by atoms with E-state index in [9.17, 15) is 4.39 Å². The first-order valence-corrected chi connectivity index (χ1v) is 5.61. The monoisotopic (exact) mass is 219 g/mol. The molecule has 0 spiro atoms. The molecular formula is C13H14FNO. The maximum atomic E-state index is 14.6. The van der Waals surface area contributed by atoms with Crippen LogP contribution in [0.15, 0.2) is 34.7 Å². The lowest BCUT2D eigenvalue weighted by molar-refractivity contribution is 0.139. The highest BCUT2D eigenvalue weighted by Gasteiger charge is 2.42. The molecule has 0 amide bonds. The van der Waals surface area contributed by atoms with E-state index in [0.717, 1.165) is 17.4 Å². The summed E-state index contributed by atoms with van der Waals surface area (Å²) in [5.41, 5.74) is 5.14. The molecule has 84 valence electrons. The van der Waals surface area contributed by atoms with Crippen LogP contribution in [0.4, 0.5) is 4.39 Å². The van der Waals surface area contributed by atoms with Crippen LogP contribution in [-0.2, 0) is 5.67 Å². The molecule has 2 unspecified atom stereocenters. The van der Waals surface area contributed by atoms with Crippen molar-refractivity contribution < 1.29 is 8.81 Å². The molecule has 0 radical (unpaired) electrons. The van der Waals surface area contributed by atoms with Gasteiger partial charge in [0.05, 0.1) is 0 Å². The summed E-state index contributed by atoms with van der Waals surface area (Å²) in [4.78, 5) is 0. The molecule has 1 aromatic heterocycles. The van der Waals surface area contributed by atoms with Crippen molar-refractivity contribution in [2.45, 2.75) is 31.0 Å². The van der Waals surface area contributed by atoms with E-state index in [-0.39, 0.29) is 6.04 Å². The van der Waals surface area contributed by atoms with Crippen LogP contribution in [-0.4, -0.2) is 6.04 Å². The third-order valence-corrected chi connectivity index (χ3v) is 3.36. The lowest BCUT2D eigenvalue weighted by atomic mass is 10.0.